The van der Waals surface area contributed by atoms with Crippen LogP contribution in [0.1, 0.15) is 66.2 Å². The van der Waals surface area contributed by atoms with E-state index in [4.69, 9.17) is 4.74 Å². The summed E-state index contributed by atoms with van der Waals surface area (Å²) in [5, 5.41) is 7.26. The number of rotatable bonds is 14. The molecule has 26 heavy (non-hydrogen) atoms. The van der Waals surface area contributed by atoms with Gasteiger partial charge in [0.1, 0.15) is 18.1 Å². The smallest absolute Gasteiger partial charge is 0.328 e. The molecule has 0 spiro atoms. The van der Waals surface area contributed by atoms with Crippen LogP contribution in [0.5, 0.6) is 0 Å². The van der Waals surface area contributed by atoms with Gasteiger partial charge in [0.25, 0.3) is 0 Å². The lowest BCUT2D eigenvalue weighted by Gasteiger charge is -2.19. The highest BCUT2D eigenvalue weighted by molar-refractivity contribution is 5.92. The molecule has 0 aliphatic carbocycles. The molecule has 0 heterocycles. The SMILES string of the molecule is CCCCCCCCOC(=O)C(C)NC(=O)C(C)NC(=O)C(C)NC=O. The van der Waals surface area contributed by atoms with Crippen LogP contribution in [0.3, 0.4) is 0 Å². The zero-order valence-corrected chi connectivity index (χ0v) is 16.3. The molecule has 0 rings (SSSR count). The maximum absolute atomic E-state index is 12.0. The molecule has 0 aromatic heterocycles. The molecule has 0 radical (unpaired) electrons. The Bertz CT molecular complexity index is 456. The van der Waals surface area contributed by atoms with Crippen LogP contribution in [-0.2, 0) is 23.9 Å². The average molecular weight is 371 g/mol. The minimum Gasteiger partial charge on any atom is -0.464 e. The summed E-state index contributed by atoms with van der Waals surface area (Å²) in [7, 11) is 0. The maximum Gasteiger partial charge on any atom is 0.328 e. The predicted molar refractivity (Wildman–Crippen MR) is 98.2 cm³/mol. The number of nitrogens with one attached hydrogen (secondary N) is 3. The monoisotopic (exact) mass is 371 g/mol. The van der Waals surface area contributed by atoms with Crippen molar-refractivity contribution < 1.29 is 23.9 Å². The van der Waals surface area contributed by atoms with Crippen LogP contribution in [0.4, 0.5) is 0 Å². The van der Waals surface area contributed by atoms with Gasteiger partial charge in [-0.1, -0.05) is 39.0 Å². The van der Waals surface area contributed by atoms with Gasteiger partial charge in [-0.2, -0.15) is 0 Å². The summed E-state index contributed by atoms with van der Waals surface area (Å²) in [6, 6.07) is -2.39. The van der Waals surface area contributed by atoms with E-state index in [1.807, 2.05) is 0 Å². The molecule has 0 aliphatic rings. The Morgan fingerprint density at radius 2 is 1.38 bits per heavy atom. The summed E-state index contributed by atoms with van der Waals surface area (Å²) in [6.07, 6.45) is 6.98. The molecule has 0 saturated heterocycles. The van der Waals surface area contributed by atoms with E-state index in [1.165, 1.54) is 40.0 Å². The fraction of sp³-hybridized carbons (Fsp3) is 0.778. The second-order valence-corrected chi connectivity index (χ2v) is 6.40. The molecule has 0 fully saturated rings. The Kier molecular flexibility index (Phi) is 12.9. The van der Waals surface area contributed by atoms with Gasteiger partial charge >= 0.3 is 5.97 Å². The van der Waals surface area contributed by atoms with Crippen molar-refractivity contribution in [2.75, 3.05) is 6.61 Å². The molecule has 8 heteroatoms. The van der Waals surface area contributed by atoms with Gasteiger partial charge in [0.05, 0.1) is 6.61 Å². The molecule has 150 valence electrons. The first-order valence-electron chi connectivity index (χ1n) is 9.30. The van der Waals surface area contributed by atoms with E-state index in [0.717, 1.165) is 19.3 Å². The topological polar surface area (TPSA) is 114 Å². The number of carbonyl (C=O) groups is 4. The third-order valence-electron chi connectivity index (χ3n) is 3.92. The van der Waals surface area contributed by atoms with Gasteiger partial charge in [0.15, 0.2) is 0 Å². The summed E-state index contributed by atoms with van der Waals surface area (Å²) in [4.78, 5) is 45.9. The minimum atomic E-state index is -0.841. The molecule has 8 nitrogen and oxygen atoms in total. The van der Waals surface area contributed by atoms with Gasteiger partial charge in [0, 0.05) is 0 Å². The van der Waals surface area contributed by atoms with Crippen LogP contribution in [0.25, 0.3) is 0 Å². The number of ether oxygens (including phenoxy) is 1. The molecular formula is C18H33N3O5. The first-order chi connectivity index (χ1) is 12.3. The van der Waals surface area contributed by atoms with Gasteiger partial charge in [-0.25, -0.2) is 4.79 Å². The van der Waals surface area contributed by atoms with E-state index in [9.17, 15) is 19.2 Å². The van der Waals surface area contributed by atoms with Crippen LogP contribution < -0.4 is 16.0 Å². The highest BCUT2D eigenvalue weighted by Crippen LogP contribution is 2.05. The molecule has 0 aliphatic heterocycles. The van der Waals surface area contributed by atoms with Crippen molar-refractivity contribution in [1.29, 1.82) is 0 Å². The van der Waals surface area contributed by atoms with Crippen molar-refractivity contribution in [1.82, 2.24) is 16.0 Å². The van der Waals surface area contributed by atoms with Crippen LogP contribution in [0.15, 0.2) is 0 Å². The van der Waals surface area contributed by atoms with E-state index >= 15 is 0 Å². The van der Waals surface area contributed by atoms with Gasteiger partial charge < -0.3 is 20.7 Å². The number of carbonyl (C=O) groups excluding carboxylic acids is 4. The van der Waals surface area contributed by atoms with Crippen molar-refractivity contribution in [2.45, 2.75) is 84.3 Å². The molecule has 3 atom stereocenters. The van der Waals surface area contributed by atoms with Crippen LogP contribution in [0, 0.1) is 0 Å². The largest absolute Gasteiger partial charge is 0.464 e. The van der Waals surface area contributed by atoms with Gasteiger partial charge in [0.2, 0.25) is 18.2 Å². The van der Waals surface area contributed by atoms with E-state index in [0.29, 0.717) is 13.0 Å². The van der Waals surface area contributed by atoms with E-state index < -0.39 is 35.9 Å². The molecule has 0 saturated carbocycles. The Morgan fingerprint density at radius 1 is 0.846 bits per heavy atom. The standard InChI is InChI=1S/C18H33N3O5/c1-5-6-7-8-9-10-11-26-18(25)15(4)21-17(24)14(3)20-16(23)13(2)19-12-22/h12-15H,5-11H2,1-4H3,(H,19,22)(H,20,23)(H,21,24). The highest BCUT2D eigenvalue weighted by atomic mass is 16.5. The third kappa shape index (κ3) is 10.7. The van der Waals surface area contributed by atoms with Crippen LogP contribution >= 0.6 is 0 Å². The summed E-state index contributed by atoms with van der Waals surface area (Å²) in [5.74, 6) is -1.49. The number of unbranched alkanes of at least 4 members (excludes halogenated alkanes) is 5. The molecule has 3 amide bonds. The zero-order valence-electron chi connectivity index (χ0n) is 16.3. The Morgan fingerprint density at radius 3 is 2.00 bits per heavy atom. The van der Waals surface area contributed by atoms with E-state index in [-0.39, 0.29) is 0 Å². The van der Waals surface area contributed by atoms with E-state index in [1.54, 1.807) is 0 Å². The minimum absolute atomic E-state index is 0.340. The lowest BCUT2D eigenvalue weighted by Crippen LogP contribution is -2.53. The second-order valence-electron chi connectivity index (χ2n) is 6.40. The third-order valence-corrected chi connectivity index (χ3v) is 3.92. The highest BCUT2D eigenvalue weighted by Gasteiger charge is 2.23. The van der Waals surface area contributed by atoms with Crippen LogP contribution in [-0.4, -0.2) is 48.9 Å². The zero-order chi connectivity index (χ0) is 19.9. The van der Waals surface area contributed by atoms with Gasteiger partial charge in [-0.15, -0.1) is 0 Å². The Labute approximate surface area is 155 Å². The molecular weight excluding hydrogens is 338 g/mol. The lowest BCUT2D eigenvalue weighted by atomic mass is 10.1. The summed E-state index contributed by atoms with van der Waals surface area (Å²) in [6.45, 7) is 7.02. The van der Waals surface area contributed by atoms with Crippen molar-refractivity contribution in [3.05, 3.63) is 0 Å². The number of hydrogen-bond acceptors (Lipinski definition) is 5. The fourth-order valence-electron chi connectivity index (χ4n) is 2.16. The normalized spacial score (nSPS) is 13.8. The first-order valence-corrected chi connectivity index (χ1v) is 9.30. The molecule has 0 bridgehead atoms. The number of hydrogen-bond donors (Lipinski definition) is 3. The van der Waals surface area contributed by atoms with Crippen molar-refractivity contribution in [3.8, 4) is 0 Å². The fourth-order valence-corrected chi connectivity index (χ4v) is 2.16. The van der Waals surface area contributed by atoms with Crippen molar-refractivity contribution >= 4 is 24.2 Å². The average Bonchev–Trinajstić information content (AvgIpc) is 2.60. The number of amides is 3. The molecule has 0 aromatic carbocycles. The second kappa shape index (κ2) is 14.1. The lowest BCUT2D eigenvalue weighted by molar-refractivity contribution is -0.147. The van der Waals surface area contributed by atoms with Crippen LogP contribution in [0.2, 0.25) is 0 Å². The Hall–Kier alpha value is -2.12. The number of esters is 1. The predicted octanol–water partition coefficient (Wildman–Crippen LogP) is 1.03. The summed E-state index contributed by atoms with van der Waals surface area (Å²) < 4.78 is 5.15. The van der Waals surface area contributed by atoms with Crippen molar-refractivity contribution in [2.24, 2.45) is 0 Å². The Balaban J connectivity index is 4.06. The maximum atomic E-state index is 12.0. The molecule has 3 unspecified atom stereocenters. The van der Waals surface area contributed by atoms with Crippen molar-refractivity contribution in [3.63, 3.8) is 0 Å². The van der Waals surface area contributed by atoms with Gasteiger partial charge in [-0.05, 0) is 27.2 Å². The quantitative estimate of drug-likeness (QED) is 0.240. The van der Waals surface area contributed by atoms with Gasteiger partial charge in [-0.3, -0.25) is 14.4 Å². The molecule has 0 aromatic rings. The summed E-state index contributed by atoms with van der Waals surface area (Å²) >= 11 is 0. The molecule has 3 N–H and O–H groups in total. The summed E-state index contributed by atoms with van der Waals surface area (Å²) in [5.41, 5.74) is 0. The van der Waals surface area contributed by atoms with E-state index in [2.05, 4.69) is 22.9 Å². The first kappa shape index (κ1) is 23.9.